The number of aliphatic hydroxyl groups excluding tert-OH is 1. The van der Waals surface area contributed by atoms with Gasteiger partial charge in [0.05, 0.1) is 39.9 Å². The van der Waals surface area contributed by atoms with E-state index in [9.17, 15) is 19.4 Å². The Balaban J connectivity index is 4.05. The van der Waals surface area contributed by atoms with E-state index in [2.05, 4.69) is 79.9 Å². The molecule has 0 aromatic carbocycles. The number of hydrogen-bond donors (Lipinski definition) is 2. The van der Waals surface area contributed by atoms with Crippen molar-refractivity contribution in [2.24, 2.45) is 0 Å². The van der Waals surface area contributed by atoms with E-state index in [1.54, 1.807) is 6.08 Å². The van der Waals surface area contributed by atoms with E-state index < -0.39 is 20.0 Å². The summed E-state index contributed by atoms with van der Waals surface area (Å²) in [5.74, 6) is -0.194. The van der Waals surface area contributed by atoms with Gasteiger partial charge in [-0.05, 0) is 64.2 Å². The first-order valence-electron chi connectivity index (χ1n) is 36.3. The van der Waals surface area contributed by atoms with E-state index in [0.29, 0.717) is 17.4 Å². The zero-order valence-electron chi connectivity index (χ0n) is 56.4. The Hall–Kier alpha value is -2.06. The number of unbranched alkanes of at least 4 members (excludes halogenated alkanes) is 44. The summed E-state index contributed by atoms with van der Waals surface area (Å²) >= 11 is 0. The number of rotatable bonds is 67. The van der Waals surface area contributed by atoms with Gasteiger partial charge >= 0.3 is 0 Å². The van der Waals surface area contributed by atoms with Gasteiger partial charge in [-0.2, -0.15) is 0 Å². The summed E-state index contributed by atoms with van der Waals surface area (Å²) in [6.07, 6.45) is 91.7. The van der Waals surface area contributed by atoms with Gasteiger partial charge in [-0.1, -0.05) is 350 Å². The monoisotopic (exact) mass is 1200 g/mol. The van der Waals surface area contributed by atoms with Gasteiger partial charge in [0.15, 0.2) is 0 Å². The Bertz CT molecular complexity index is 1600. The van der Waals surface area contributed by atoms with Crippen LogP contribution in [0, 0.1) is 0 Å². The summed E-state index contributed by atoms with van der Waals surface area (Å²) < 4.78 is 23.5. The van der Waals surface area contributed by atoms with Gasteiger partial charge in [-0.3, -0.25) is 9.36 Å². The molecule has 0 radical (unpaired) electrons. The van der Waals surface area contributed by atoms with Crippen molar-refractivity contribution in [2.45, 2.75) is 360 Å². The van der Waals surface area contributed by atoms with Crippen LogP contribution < -0.4 is 10.2 Å². The van der Waals surface area contributed by atoms with Crippen molar-refractivity contribution in [3.63, 3.8) is 0 Å². The van der Waals surface area contributed by atoms with Crippen LogP contribution in [-0.4, -0.2) is 68.5 Å². The van der Waals surface area contributed by atoms with Crippen molar-refractivity contribution >= 4 is 13.7 Å². The van der Waals surface area contributed by atoms with Gasteiger partial charge in [-0.25, -0.2) is 0 Å². The number of phosphoric acid groups is 1. The number of allylic oxidation sites excluding steroid dienone is 11. The van der Waals surface area contributed by atoms with Crippen LogP contribution in [0.4, 0.5) is 0 Å². The van der Waals surface area contributed by atoms with Crippen LogP contribution in [0.5, 0.6) is 0 Å². The number of likely N-dealkylation sites (N-methyl/N-ethyl adjacent to an activating group) is 1. The molecule has 0 aromatic rings. The SMILES string of the molecule is CC/C=C\C/C=C\C/C=C\C/C=C\C/C=C\CCCCCCCCCCCCCCCCCC(=O)NC(COP(=O)([O-])OCC[N+](C)(C)C)C(O)/C=C/CCCCCCCCCCCCCCCCCCCCCCCCCCCCCCC. The van der Waals surface area contributed by atoms with E-state index in [1.807, 2.05) is 27.2 Å². The maximum Gasteiger partial charge on any atom is 0.268 e. The molecule has 0 aliphatic carbocycles. The Labute approximate surface area is 523 Å². The number of quaternary nitrogens is 1. The molecule has 0 aromatic heterocycles. The van der Waals surface area contributed by atoms with Crippen LogP contribution in [0.2, 0.25) is 0 Å². The van der Waals surface area contributed by atoms with E-state index in [4.69, 9.17) is 9.05 Å². The third-order valence-corrected chi connectivity index (χ3v) is 17.4. The quantitative estimate of drug-likeness (QED) is 0.0272. The van der Waals surface area contributed by atoms with Gasteiger partial charge in [0, 0.05) is 6.42 Å². The van der Waals surface area contributed by atoms with E-state index in [0.717, 1.165) is 70.6 Å². The summed E-state index contributed by atoms with van der Waals surface area (Å²) in [6, 6.07) is -0.891. The molecule has 84 heavy (non-hydrogen) atoms. The van der Waals surface area contributed by atoms with Crippen LogP contribution in [0.15, 0.2) is 72.9 Å². The summed E-state index contributed by atoms with van der Waals surface area (Å²) in [5, 5.41) is 14.0. The van der Waals surface area contributed by atoms with E-state index in [-0.39, 0.29) is 19.1 Å². The van der Waals surface area contributed by atoms with Crippen molar-refractivity contribution in [1.82, 2.24) is 5.32 Å². The zero-order valence-corrected chi connectivity index (χ0v) is 57.3. The number of nitrogens with zero attached hydrogens (tertiary/aromatic N) is 1. The number of aliphatic hydroxyl groups is 1. The highest BCUT2D eigenvalue weighted by molar-refractivity contribution is 7.45. The third-order valence-electron chi connectivity index (χ3n) is 16.4. The highest BCUT2D eigenvalue weighted by Crippen LogP contribution is 2.38. The normalized spacial score (nSPS) is 14.0. The minimum Gasteiger partial charge on any atom is -0.756 e. The number of carbonyl (C=O) groups excluding carboxylic acids is 1. The fourth-order valence-corrected chi connectivity index (χ4v) is 11.6. The smallest absolute Gasteiger partial charge is 0.268 e. The molecule has 0 saturated heterocycles. The van der Waals surface area contributed by atoms with Crippen LogP contribution in [0.25, 0.3) is 0 Å². The average molecular weight is 1200 g/mol. The van der Waals surface area contributed by atoms with Crippen LogP contribution in [0.3, 0.4) is 0 Å². The van der Waals surface area contributed by atoms with Gasteiger partial charge in [0.1, 0.15) is 13.2 Å². The van der Waals surface area contributed by atoms with Crippen molar-refractivity contribution in [2.75, 3.05) is 40.9 Å². The number of phosphoric ester groups is 1. The number of carbonyl (C=O) groups is 1. The molecule has 492 valence electrons. The van der Waals surface area contributed by atoms with Gasteiger partial charge < -0.3 is 28.8 Å². The number of nitrogens with one attached hydrogen (secondary N) is 1. The molecular formula is C75H141N2O6P. The third kappa shape index (κ3) is 67.4. The van der Waals surface area contributed by atoms with Gasteiger partial charge in [0.2, 0.25) is 5.91 Å². The summed E-state index contributed by atoms with van der Waals surface area (Å²) in [6.45, 7) is 4.58. The molecule has 8 nitrogen and oxygen atoms in total. The maximum absolute atomic E-state index is 13.1. The molecule has 2 N–H and O–H groups in total. The Morgan fingerprint density at radius 3 is 1.06 bits per heavy atom. The molecule has 9 heteroatoms. The molecule has 0 aliphatic heterocycles. The highest BCUT2D eigenvalue weighted by atomic mass is 31.2. The first-order chi connectivity index (χ1) is 41.0. The fraction of sp³-hybridized carbons (Fsp3) is 0.827. The number of amides is 1. The largest absolute Gasteiger partial charge is 0.756 e. The molecular weight excluding hydrogens is 1060 g/mol. The predicted molar refractivity (Wildman–Crippen MR) is 367 cm³/mol. The Morgan fingerprint density at radius 1 is 0.429 bits per heavy atom. The lowest BCUT2D eigenvalue weighted by molar-refractivity contribution is -0.870. The summed E-state index contributed by atoms with van der Waals surface area (Å²) in [7, 11) is 1.27. The van der Waals surface area contributed by atoms with Gasteiger partial charge in [-0.15, -0.1) is 0 Å². The Morgan fingerprint density at radius 2 is 0.726 bits per heavy atom. The Kier molecular flexibility index (Phi) is 63.8. The van der Waals surface area contributed by atoms with Gasteiger partial charge in [0.25, 0.3) is 7.82 Å². The topological polar surface area (TPSA) is 108 Å². The molecule has 0 heterocycles. The predicted octanol–water partition coefficient (Wildman–Crippen LogP) is 22.7. The highest BCUT2D eigenvalue weighted by Gasteiger charge is 2.23. The minimum atomic E-state index is -4.61. The second-order valence-corrected chi connectivity index (χ2v) is 27.3. The minimum absolute atomic E-state index is 0.00187. The molecule has 3 atom stereocenters. The lowest BCUT2D eigenvalue weighted by atomic mass is 10.0. The first-order valence-corrected chi connectivity index (χ1v) is 37.8. The lowest BCUT2D eigenvalue weighted by Gasteiger charge is -2.29. The molecule has 0 saturated carbocycles. The standard InChI is InChI=1S/C75H141N2O6P/c1-6-8-10-12-14-16-18-20-22-24-26-28-30-32-34-36-38-40-42-44-46-48-50-52-54-56-58-60-62-64-66-68-74(78)73(72-83-84(80,81)82-71-70-77(3,4)5)76-75(79)69-67-65-63-61-59-57-55-53-51-49-47-45-43-41-39-37-35-33-31-29-27-25-23-21-19-17-15-13-11-9-7-2/h9,11,15,17,21,23,27,29,33,35,66,68,73-74,78H,6-8,10,12-14,16,18-20,22,24-26,28,30-32,34,36-65,67,69-72H2,1-5H3,(H-,76,79,80,81)/b11-9-,17-15-,23-21-,29-27-,35-33-,68-66+. The molecule has 0 spiro atoms. The molecule has 0 aliphatic rings. The van der Waals surface area contributed by atoms with E-state index in [1.165, 1.54) is 257 Å². The van der Waals surface area contributed by atoms with Crippen molar-refractivity contribution in [3.8, 4) is 0 Å². The first kappa shape index (κ1) is 81.9. The lowest BCUT2D eigenvalue weighted by Crippen LogP contribution is -2.45. The summed E-state index contributed by atoms with van der Waals surface area (Å²) in [5.41, 5.74) is 0. The molecule has 0 rings (SSSR count). The van der Waals surface area contributed by atoms with E-state index >= 15 is 0 Å². The maximum atomic E-state index is 13.1. The van der Waals surface area contributed by atoms with Crippen LogP contribution in [0.1, 0.15) is 348 Å². The van der Waals surface area contributed by atoms with Crippen molar-refractivity contribution < 1.29 is 32.9 Å². The van der Waals surface area contributed by atoms with Crippen molar-refractivity contribution in [3.05, 3.63) is 72.9 Å². The fourth-order valence-electron chi connectivity index (χ4n) is 10.8. The van der Waals surface area contributed by atoms with Crippen LogP contribution >= 0.6 is 7.82 Å². The second kappa shape index (κ2) is 65.4. The summed E-state index contributed by atoms with van der Waals surface area (Å²) in [4.78, 5) is 25.7. The average Bonchev–Trinajstić information content (AvgIpc) is 3.56. The second-order valence-electron chi connectivity index (χ2n) is 25.9. The molecule has 1 amide bonds. The van der Waals surface area contributed by atoms with Crippen molar-refractivity contribution in [1.29, 1.82) is 0 Å². The molecule has 0 fully saturated rings. The zero-order chi connectivity index (χ0) is 61.2. The molecule has 3 unspecified atom stereocenters. The molecule has 0 bridgehead atoms. The van der Waals surface area contributed by atoms with Crippen LogP contribution in [-0.2, 0) is 18.4 Å². The number of hydrogen-bond acceptors (Lipinski definition) is 6.